The maximum Gasteiger partial charge on any atom is 0.0504 e. The molecular formula is C19H25ClN2. The molecular weight excluding hydrogens is 292 g/mol. The smallest absolute Gasteiger partial charge is 0.0504 e. The van der Waals surface area contributed by atoms with Gasteiger partial charge in [-0.25, -0.2) is 0 Å². The molecule has 118 valence electrons. The summed E-state index contributed by atoms with van der Waals surface area (Å²) in [7, 11) is 0. The van der Waals surface area contributed by atoms with Gasteiger partial charge in [0.25, 0.3) is 0 Å². The molecule has 1 fully saturated rings. The van der Waals surface area contributed by atoms with Crippen molar-refractivity contribution >= 4 is 22.5 Å². The largest absolute Gasteiger partial charge is 0.357 e. The highest BCUT2D eigenvalue weighted by Gasteiger charge is 2.34. The molecule has 0 bridgehead atoms. The fraction of sp³-hybridized carbons (Fsp3) is 0.579. The Labute approximate surface area is 137 Å². The first-order valence-corrected chi connectivity index (χ1v) is 9.03. The van der Waals surface area contributed by atoms with Crippen LogP contribution in [0.1, 0.15) is 50.4 Å². The van der Waals surface area contributed by atoms with E-state index in [0.29, 0.717) is 12.0 Å². The molecule has 1 aromatic heterocycles. The third-order valence-corrected chi connectivity index (χ3v) is 5.44. The zero-order chi connectivity index (χ0) is 15.3. The minimum Gasteiger partial charge on any atom is -0.357 e. The molecule has 2 heterocycles. The summed E-state index contributed by atoms with van der Waals surface area (Å²) >= 11 is 6.22. The maximum absolute atomic E-state index is 6.22. The van der Waals surface area contributed by atoms with E-state index in [4.69, 9.17) is 11.6 Å². The van der Waals surface area contributed by atoms with Crippen LogP contribution in [0.3, 0.4) is 0 Å². The first-order valence-electron chi connectivity index (χ1n) is 8.66. The lowest BCUT2D eigenvalue weighted by molar-refractivity contribution is 0.153. The van der Waals surface area contributed by atoms with Crippen LogP contribution in [0.4, 0.5) is 0 Å². The van der Waals surface area contributed by atoms with Gasteiger partial charge in [0.05, 0.1) is 6.04 Å². The Morgan fingerprint density at radius 2 is 2.14 bits per heavy atom. The van der Waals surface area contributed by atoms with Crippen LogP contribution in [0.5, 0.6) is 0 Å². The molecule has 4 rings (SSSR count). The van der Waals surface area contributed by atoms with Crippen LogP contribution >= 0.6 is 11.6 Å². The zero-order valence-electron chi connectivity index (χ0n) is 13.5. The summed E-state index contributed by atoms with van der Waals surface area (Å²) in [6.45, 7) is 7.15. The number of aromatic nitrogens is 1. The van der Waals surface area contributed by atoms with Crippen molar-refractivity contribution < 1.29 is 0 Å². The topological polar surface area (TPSA) is 19.0 Å². The number of nitrogens with one attached hydrogen (secondary N) is 1. The zero-order valence-corrected chi connectivity index (χ0v) is 14.3. The normalized spacial score (nSPS) is 22.5. The summed E-state index contributed by atoms with van der Waals surface area (Å²) in [5.41, 5.74) is 4.21. The summed E-state index contributed by atoms with van der Waals surface area (Å²) in [6.07, 6.45) is 5.25. The number of hydrogen-bond acceptors (Lipinski definition) is 1. The highest BCUT2D eigenvalue weighted by atomic mass is 35.5. The summed E-state index contributed by atoms with van der Waals surface area (Å²) in [6, 6.07) is 6.81. The lowest BCUT2D eigenvalue weighted by Crippen LogP contribution is -2.37. The lowest BCUT2D eigenvalue weighted by Gasteiger charge is -2.37. The summed E-state index contributed by atoms with van der Waals surface area (Å²) < 4.78 is 0. The Morgan fingerprint density at radius 1 is 1.32 bits per heavy atom. The van der Waals surface area contributed by atoms with E-state index in [9.17, 15) is 0 Å². The second-order valence-electron chi connectivity index (χ2n) is 7.54. The first kappa shape index (κ1) is 14.6. The number of rotatable bonds is 4. The van der Waals surface area contributed by atoms with Crippen LogP contribution in [0.25, 0.3) is 10.9 Å². The van der Waals surface area contributed by atoms with Gasteiger partial charge in [0.2, 0.25) is 0 Å². The van der Waals surface area contributed by atoms with Crippen LogP contribution in [0.2, 0.25) is 5.02 Å². The molecule has 1 atom stereocenters. The van der Waals surface area contributed by atoms with Gasteiger partial charge in [-0.05, 0) is 61.3 Å². The third-order valence-electron chi connectivity index (χ3n) is 5.21. The fourth-order valence-corrected chi connectivity index (χ4v) is 4.12. The summed E-state index contributed by atoms with van der Waals surface area (Å²) in [4.78, 5) is 6.46. The van der Waals surface area contributed by atoms with E-state index >= 15 is 0 Å². The molecule has 1 unspecified atom stereocenters. The average molecular weight is 317 g/mol. The molecule has 1 N–H and O–H groups in total. The van der Waals surface area contributed by atoms with Crippen molar-refractivity contribution in [3.05, 3.63) is 34.5 Å². The van der Waals surface area contributed by atoms with Gasteiger partial charge in [-0.3, -0.25) is 4.90 Å². The van der Waals surface area contributed by atoms with E-state index in [-0.39, 0.29) is 0 Å². The summed E-state index contributed by atoms with van der Waals surface area (Å²) in [5.74, 6) is 1.67. The number of benzene rings is 1. The Kier molecular flexibility index (Phi) is 3.70. The van der Waals surface area contributed by atoms with Crippen LogP contribution in [0.15, 0.2) is 18.2 Å². The molecule has 1 aliphatic carbocycles. The predicted molar refractivity (Wildman–Crippen MR) is 93.5 cm³/mol. The van der Waals surface area contributed by atoms with Gasteiger partial charge < -0.3 is 4.98 Å². The Bertz CT molecular complexity index is 684. The number of halogens is 1. The minimum atomic E-state index is 0.551. The molecule has 22 heavy (non-hydrogen) atoms. The summed E-state index contributed by atoms with van der Waals surface area (Å²) in [5, 5.41) is 2.18. The molecule has 1 aromatic carbocycles. The van der Waals surface area contributed by atoms with Gasteiger partial charge in [0.1, 0.15) is 0 Å². The molecule has 0 saturated heterocycles. The number of nitrogens with zero attached hydrogens (tertiary/aromatic N) is 1. The number of H-pyrrole nitrogens is 1. The molecule has 2 aromatic rings. The van der Waals surface area contributed by atoms with Crippen molar-refractivity contribution in [3.8, 4) is 0 Å². The monoisotopic (exact) mass is 316 g/mol. The van der Waals surface area contributed by atoms with E-state index in [0.717, 1.165) is 17.4 Å². The van der Waals surface area contributed by atoms with Gasteiger partial charge >= 0.3 is 0 Å². The second kappa shape index (κ2) is 5.58. The highest BCUT2D eigenvalue weighted by Crippen LogP contribution is 2.41. The van der Waals surface area contributed by atoms with E-state index in [2.05, 4.69) is 35.9 Å². The van der Waals surface area contributed by atoms with Crippen molar-refractivity contribution in [2.45, 2.75) is 45.6 Å². The van der Waals surface area contributed by atoms with Crippen LogP contribution in [-0.2, 0) is 6.42 Å². The van der Waals surface area contributed by atoms with Gasteiger partial charge in [0, 0.05) is 34.7 Å². The molecule has 2 nitrogen and oxygen atoms in total. The quantitative estimate of drug-likeness (QED) is 0.823. The Morgan fingerprint density at radius 3 is 2.86 bits per heavy atom. The van der Waals surface area contributed by atoms with Gasteiger partial charge in [-0.15, -0.1) is 0 Å². The molecule has 1 aliphatic heterocycles. The predicted octanol–water partition coefficient (Wildman–Crippen LogP) is 5.18. The molecule has 0 amide bonds. The Hall–Kier alpha value is -0.990. The average Bonchev–Trinajstić information content (AvgIpc) is 3.21. The highest BCUT2D eigenvalue weighted by molar-refractivity contribution is 6.31. The van der Waals surface area contributed by atoms with Crippen LogP contribution in [-0.4, -0.2) is 23.0 Å². The van der Waals surface area contributed by atoms with E-state index in [1.54, 1.807) is 0 Å². The first-order chi connectivity index (χ1) is 10.6. The minimum absolute atomic E-state index is 0.551. The molecule has 0 radical (unpaired) electrons. The molecule has 2 aliphatic rings. The van der Waals surface area contributed by atoms with Crippen molar-refractivity contribution in [2.24, 2.45) is 11.8 Å². The van der Waals surface area contributed by atoms with Crippen LogP contribution in [0, 0.1) is 11.8 Å². The van der Waals surface area contributed by atoms with Crippen molar-refractivity contribution in [1.29, 1.82) is 0 Å². The van der Waals surface area contributed by atoms with Crippen molar-refractivity contribution in [2.75, 3.05) is 13.1 Å². The van der Waals surface area contributed by atoms with Crippen molar-refractivity contribution in [3.63, 3.8) is 0 Å². The third kappa shape index (κ3) is 2.68. The number of aromatic amines is 1. The molecule has 3 heteroatoms. The van der Waals surface area contributed by atoms with E-state index in [1.165, 1.54) is 54.5 Å². The second-order valence-corrected chi connectivity index (χ2v) is 7.98. The van der Waals surface area contributed by atoms with Crippen molar-refractivity contribution in [1.82, 2.24) is 9.88 Å². The fourth-order valence-electron chi connectivity index (χ4n) is 3.95. The number of hydrogen-bond donors (Lipinski definition) is 1. The molecule has 1 saturated carbocycles. The standard InChI is InChI=1S/C19H25ClN2/c1-12(2)9-18-19-15(7-8-22(18)11-13-3-4-13)16-10-14(20)5-6-17(16)21-19/h5-6,10,12-13,18,21H,3-4,7-9,11H2,1-2H3. The number of fused-ring (bicyclic) bond motifs is 3. The van der Waals surface area contributed by atoms with Crippen LogP contribution < -0.4 is 0 Å². The maximum atomic E-state index is 6.22. The lowest BCUT2D eigenvalue weighted by atomic mass is 9.91. The van der Waals surface area contributed by atoms with E-state index < -0.39 is 0 Å². The van der Waals surface area contributed by atoms with Gasteiger partial charge in [-0.1, -0.05) is 25.4 Å². The van der Waals surface area contributed by atoms with Gasteiger partial charge in [0.15, 0.2) is 0 Å². The Balaban J connectivity index is 1.74. The van der Waals surface area contributed by atoms with Gasteiger partial charge in [-0.2, -0.15) is 0 Å². The molecule has 0 spiro atoms. The van der Waals surface area contributed by atoms with E-state index in [1.807, 2.05) is 6.07 Å². The SMILES string of the molecule is CC(C)CC1c2[nH]c3ccc(Cl)cc3c2CCN1CC1CC1.